The monoisotopic (exact) mass is 425 g/mol. The number of carbonyl (C=O) groups is 1. The van der Waals surface area contributed by atoms with Gasteiger partial charge < -0.3 is 14.0 Å². The smallest absolute Gasteiger partial charge is 0.192 e. The summed E-state index contributed by atoms with van der Waals surface area (Å²) >= 11 is 1.39. The van der Waals surface area contributed by atoms with E-state index in [9.17, 15) is 4.79 Å². The Balaban J connectivity index is 1.70. The molecule has 0 atom stereocenters. The number of Topliss-reactive ketones (excluding diaryl/α,β-unsaturated/α-hetero) is 1. The third-order valence-corrected chi connectivity index (χ3v) is 5.69. The van der Waals surface area contributed by atoms with Crippen molar-refractivity contribution in [2.75, 3.05) is 12.9 Å². The molecule has 0 bridgehead atoms. The van der Waals surface area contributed by atoms with Crippen molar-refractivity contribution in [2.24, 2.45) is 0 Å². The van der Waals surface area contributed by atoms with Crippen LogP contribution >= 0.6 is 11.8 Å². The molecule has 0 amide bonds. The van der Waals surface area contributed by atoms with Crippen LogP contribution in [0.3, 0.4) is 0 Å². The van der Waals surface area contributed by atoms with E-state index in [4.69, 9.17) is 9.47 Å². The van der Waals surface area contributed by atoms with Gasteiger partial charge in [0.15, 0.2) is 16.8 Å². The zero-order valence-corrected chi connectivity index (χ0v) is 18.8. The Morgan fingerprint density at radius 1 is 1.07 bits per heavy atom. The lowest BCUT2D eigenvalue weighted by Crippen LogP contribution is -2.12. The molecule has 0 radical (unpaired) electrons. The molecule has 3 rings (SSSR count). The maximum absolute atomic E-state index is 12.5. The average Bonchev–Trinajstić information content (AvgIpc) is 3.15. The molecule has 3 aromatic rings. The number of carbonyl (C=O) groups excluding carboxylic acids is 1. The summed E-state index contributed by atoms with van der Waals surface area (Å²) in [6.07, 6.45) is 0. The third kappa shape index (κ3) is 5.02. The van der Waals surface area contributed by atoms with Crippen molar-refractivity contribution in [1.82, 2.24) is 14.8 Å². The Kier molecular flexibility index (Phi) is 7.15. The lowest BCUT2D eigenvalue weighted by molar-refractivity contribution is 0.102. The van der Waals surface area contributed by atoms with Crippen LogP contribution in [-0.4, -0.2) is 33.4 Å². The van der Waals surface area contributed by atoms with Gasteiger partial charge in [-0.15, -0.1) is 10.2 Å². The molecule has 7 heteroatoms. The number of rotatable bonds is 9. The van der Waals surface area contributed by atoms with Crippen molar-refractivity contribution >= 4 is 17.5 Å². The molecule has 0 unspecified atom stereocenters. The quantitative estimate of drug-likeness (QED) is 0.353. The molecule has 0 saturated carbocycles. The van der Waals surface area contributed by atoms with Gasteiger partial charge in [0.25, 0.3) is 0 Å². The first kappa shape index (κ1) is 21.9. The van der Waals surface area contributed by atoms with Crippen LogP contribution in [0.1, 0.15) is 47.2 Å². The van der Waals surface area contributed by atoms with Crippen LogP contribution in [-0.2, 0) is 6.61 Å². The molecule has 0 spiro atoms. The number of hydrogen-bond donors (Lipinski definition) is 0. The SMILES string of the molecule is COc1ccc(C(=O)CSc2nnc(COc3c(C)cccc3C)n2C(C)C)cc1. The van der Waals surface area contributed by atoms with Crippen LogP contribution in [0.4, 0.5) is 0 Å². The first-order valence-electron chi connectivity index (χ1n) is 9.83. The second-order valence-corrected chi connectivity index (χ2v) is 8.26. The van der Waals surface area contributed by atoms with Gasteiger partial charge >= 0.3 is 0 Å². The highest BCUT2D eigenvalue weighted by Gasteiger charge is 2.18. The first-order chi connectivity index (χ1) is 14.4. The topological polar surface area (TPSA) is 66.2 Å². The molecule has 0 saturated heterocycles. The van der Waals surface area contributed by atoms with Crippen LogP contribution in [0, 0.1) is 13.8 Å². The summed E-state index contributed by atoms with van der Waals surface area (Å²) in [4.78, 5) is 12.5. The van der Waals surface area contributed by atoms with Crippen LogP contribution in [0.15, 0.2) is 47.6 Å². The molecule has 0 aliphatic rings. The number of aryl methyl sites for hydroxylation is 2. The van der Waals surface area contributed by atoms with Gasteiger partial charge in [0.05, 0.1) is 12.9 Å². The lowest BCUT2D eigenvalue weighted by Gasteiger charge is -2.15. The average molecular weight is 426 g/mol. The molecule has 0 aliphatic carbocycles. The number of para-hydroxylation sites is 1. The molecule has 0 aliphatic heterocycles. The normalized spacial score (nSPS) is 11.0. The standard InChI is InChI=1S/C23H27N3O3S/c1-15(2)26-21(13-29-22-16(3)7-6-8-17(22)4)24-25-23(26)30-14-20(27)18-9-11-19(28-5)12-10-18/h6-12,15H,13-14H2,1-5H3. The predicted molar refractivity (Wildman–Crippen MR) is 119 cm³/mol. The Hall–Kier alpha value is -2.80. The maximum atomic E-state index is 12.5. The van der Waals surface area contributed by atoms with Gasteiger partial charge in [0, 0.05) is 11.6 Å². The summed E-state index contributed by atoms with van der Waals surface area (Å²) < 4.78 is 13.2. The van der Waals surface area contributed by atoms with Crippen LogP contribution in [0.2, 0.25) is 0 Å². The summed E-state index contributed by atoms with van der Waals surface area (Å²) in [7, 11) is 1.60. The number of ketones is 1. The summed E-state index contributed by atoms with van der Waals surface area (Å²) in [6.45, 7) is 8.52. The van der Waals surface area contributed by atoms with Gasteiger partial charge in [-0.05, 0) is 63.1 Å². The van der Waals surface area contributed by atoms with E-state index in [0.29, 0.717) is 17.3 Å². The minimum atomic E-state index is 0.0364. The Bertz CT molecular complexity index is 993. The van der Waals surface area contributed by atoms with E-state index in [1.165, 1.54) is 11.8 Å². The fourth-order valence-corrected chi connectivity index (χ4v) is 4.16. The lowest BCUT2D eigenvalue weighted by atomic mass is 10.1. The van der Waals surface area contributed by atoms with E-state index >= 15 is 0 Å². The van der Waals surface area contributed by atoms with Crippen LogP contribution in [0.25, 0.3) is 0 Å². The molecular weight excluding hydrogens is 398 g/mol. The molecular formula is C23H27N3O3S. The van der Waals surface area contributed by atoms with Gasteiger partial charge in [-0.3, -0.25) is 4.79 Å². The molecule has 30 heavy (non-hydrogen) atoms. The second kappa shape index (κ2) is 9.80. The summed E-state index contributed by atoms with van der Waals surface area (Å²) in [5.41, 5.74) is 2.83. The Morgan fingerprint density at radius 2 is 1.73 bits per heavy atom. The summed E-state index contributed by atoms with van der Waals surface area (Å²) in [5.74, 6) is 2.67. The van der Waals surface area contributed by atoms with Crippen LogP contribution < -0.4 is 9.47 Å². The highest BCUT2D eigenvalue weighted by atomic mass is 32.2. The van der Waals surface area contributed by atoms with Gasteiger partial charge in [-0.2, -0.15) is 0 Å². The third-order valence-electron chi connectivity index (χ3n) is 4.75. The van der Waals surface area contributed by atoms with Crippen molar-refractivity contribution in [3.63, 3.8) is 0 Å². The zero-order chi connectivity index (χ0) is 21.7. The number of nitrogens with zero attached hydrogens (tertiary/aromatic N) is 3. The minimum absolute atomic E-state index is 0.0364. The fourth-order valence-electron chi connectivity index (χ4n) is 3.18. The van der Waals surface area contributed by atoms with E-state index in [-0.39, 0.29) is 17.6 Å². The second-order valence-electron chi connectivity index (χ2n) is 7.31. The van der Waals surface area contributed by atoms with Gasteiger partial charge in [-0.25, -0.2) is 0 Å². The van der Waals surface area contributed by atoms with Crippen LogP contribution in [0.5, 0.6) is 11.5 Å². The van der Waals surface area contributed by atoms with Gasteiger partial charge in [0.1, 0.15) is 18.1 Å². The molecule has 158 valence electrons. The van der Waals surface area contributed by atoms with E-state index < -0.39 is 0 Å². The largest absolute Gasteiger partial charge is 0.497 e. The number of benzene rings is 2. The molecule has 1 heterocycles. The summed E-state index contributed by atoms with van der Waals surface area (Å²) in [6, 6.07) is 13.4. The van der Waals surface area contributed by atoms with Gasteiger partial charge in [0.2, 0.25) is 0 Å². The van der Waals surface area contributed by atoms with Crippen molar-refractivity contribution in [3.8, 4) is 11.5 Å². The van der Waals surface area contributed by atoms with E-state index in [0.717, 1.165) is 28.5 Å². The Morgan fingerprint density at radius 3 is 2.33 bits per heavy atom. The van der Waals surface area contributed by atoms with Crippen molar-refractivity contribution in [3.05, 3.63) is 65.0 Å². The van der Waals surface area contributed by atoms with Gasteiger partial charge in [-0.1, -0.05) is 30.0 Å². The zero-order valence-electron chi connectivity index (χ0n) is 18.0. The number of aromatic nitrogens is 3. The number of hydrogen-bond acceptors (Lipinski definition) is 6. The van der Waals surface area contributed by atoms with E-state index in [1.807, 2.05) is 36.6 Å². The van der Waals surface area contributed by atoms with Crippen molar-refractivity contribution in [1.29, 1.82) is 0 Å². The highest BCUT2D eigenvalue weighted by Crippen LogP contribution is 2.26. The predicted octanol–water partition coefficient (Wildman–Crippen LogP) is 5.04. The van der Waals surface area contributed by atoms with Crippen molar-refractivity contribution in [2.45, 2.75) is 45.5 Å². The minimum Gasteiger partial charge on any atom is -0.497 e. The Labute approximate surface area is 181 Å². The highest BCUT2D eigenvalue weighted by molar-refractivity contribution is 7.99. The fraction of sp³-hybridized carbons (Fsp3) is 0.348. The molecule has 0 fully saturated rings. The molecule has 2 aromatic carbocycles. The molecule has 0 N–H and O–H groups in total. The molecule has 6 nitrogen and oxygen atoms in total. The maximum Gasteiger partial charge on any atom is 0.192 e. The van der Waals surface area contributed by atoms with Crippen molar-refractivity contribution < 1.29 is 14.3 Å². The number of ether oxygens (including phenoxy) is 2. The number of thioether (sulfide) groups is 1. The summed E-state index contributed by atoms with van der Waals surface area (Å²) in [5, 5.41) is 9.35. The van der Waals surface area contributed by atoms with E-state index in [1.54, 1.807) is 31.4 Å². The molecule has 1 aromatic heterocycles. The first-order valence-corrected chi connectivity index (χ1v) is 10.8. The number of methoxy groups -OCH3 is 1. The van der Waals surface area contributed by atoms with E-state index in [2.05, 4.69) is 24.0 Å².